The van der Waals surface area contributed by atoms with Crippen molar-refractivity contribution in [3.63, 3.8) is 0 Å². The fourth-order valence-corrected chi connectivity index (χ4v) is 2.22. The van der Waals surface area contributed by atoms with Crippen LogP contribution in [0.15, 0.2) is 24.3 Å². The highest BCUT2D eigenvalue weighted by Crippen LogP contribution is 2.27. The number of carbonyl (C=O) groups excluding carboxylic acids is 1. The molecular weight excluding hydrogens is 244 g/mol. The first kappa shape index (κ1) is 13.7. The molecule has 1 saturated heterocycles. The maximum absolute atomic E-state index is 11.1. The van der Waals surface area contributed by atoms with Crippen molar-refractivity contribution in [2.75, 3.05) is 24.4 Å². The van der Waals surface area contributed by atoms with E-state index in [4.69, 9.17) is 4.74 Å². The third kappa shape index (κ3) is 3.86. The van der Waals surface area contributed by atoms with Crippen molar-refractivity contribution < 1.29 is 14.3 Å². The fraction of sp³-hybridized carbons (Fsp3) is 0.500. The van der Waals surface area contributed by atoms with Gasteiger partial charge in [-0.15, -0.1) is 0 Å². The van der Waals surface area contributed by atoms with Crippen molar-refractivity contribution >= 4 is 17.5 Å². The second-order valence-electron chi connectivity index (χ2n) is 5.31. The Hall–Kier alpha value is -1.75. The van der Waals surface area contributed by atoms with Crippen molar-refractivity contribution in [3.8, 4) is 0 Å². The van der Waals surface area contributed by atoms with Gasteiger partial charge in [0.15, 0.2) is 0 Å². The van der Waals surface area contributed by atoms with Crippen molar-refractivity contribution in [2.24, 2.45) is 0 Å². The summed E-state index contributed by atoms with van der Waals surface area (Å²) in [6, 6.07) is 7.84. The van der Waals surface area contributed by atoms with E-state index in [1.54, 1.807) is 0 Å². The molecular formula is C14H20N2O3. The standard InChI is InChI=1S/C14H20N2O3/c1-14(2)8-12(9-19-14)15-10-5-4-6-11(7-10)16-13(17)18-3/h4-7,12,15H,8-9H2,1-3H3,(H,16,17). The lowest BCUT2D eigenvalue weighted by atomic mass is 10.0. The summed E-state index contributed by atoms with van der Waals surface area (Å²) in [6.07, 6.45) is 0.490. The Morgan fingerprint density at radius 3 is 2.79 bits per heavy atom. The number of nitrogens with one attached hydrogen (secondary N) is 2. The Morgan fingerprint density at radius 1 is 1.42 bits per heavy atom. The summed E-state index contributed by atoms with van der Waals surface area (Å²) >= 11 is 0. The maximum Gasteiger partial charge on any atom is 0.411 e. The minimum atomic E-state index is -0.470. The average molecular weight is 264 g/mol. The van der Waals surface area contributed by atoms with Crippen LogP contribution in [0, 0.1) is 0 Å². The van der Waals surface area contributed by atoms with Gasteiger partial charge in [-0.05, 0) is 38.5 Å². The van der Waals surface area contributed by atoms with E-state index in [-0.39, 0.29) is 5.60 Å². The van der Waals surface area contributed by atoms with Crippen LogP contribution < -0.4 is 10.6 Å². The van der Waals surface area contributed by atoms with Gasteiger partial charge in [-0.1, -0.05) is 6.07 Å². The topological polar surface area (TPSA) is 59.6 Å². The first-order valence-electron chi connectivity index (χ1n) is 6.34. The molecule has 1 aliphatic rings. The molecule has 1 amide bonds. The van der Waals surface area contributed by atoms with Crippen LogP contribution in [0.4, 0.5) is 16.2 Å². The number of methoxy groups -OCH3 is 1. The van der Waals surface area contributed by atoms with Gasteiger partial charge >= 0.3 is 6.09 Å². The lowest BCUT2D eigenvalue weighted by molar-refractivity contribution is 0.0363. The Balaban J connectivity index is 1.97. The normalized spacial score (nSPS) is 20.9. The zero-order valence-electron chi connectivity index (χ0n) is 11.5. The zero-order chi connectivity index (χ0) is 13.9. The summed E-state index contributed by atoms with van der Waals surface area (Å²) in [5, 5.41) is 6.05. The van der Waals surface area contributed by atoms with Crippen LogP contribution in [-0.4, -0.2) is 31.5 Å². The number of hydrogen-bond acceptors (Lipinski definition) is 4. The molecule has 1 atom stereocenters. The van der Waals surface area contributed by atoms with Crippen LogP contribution in [-0.2, 0) is 9.47 Å². The molecule has 2 N–H and O–H groups in total. The number of benzene rings is 1. The van der Waals surface area contributed by atoms with Crippen molar-refractivity contribution in [3.05, 3.63) is 24.3 Å². The van der Waals surface area contributed by atoms with E-state index in [0.29, 0.717) is 18.3 Å². The summed E-state index contributed by atoms with van der Waals surface area (Å²) in [7, 11) is 1.34. The van der Waals surface area contributed by atoms with Gasteiger partial charge in [0, 0.05) is 11.4 Å². The Labute approximate surface area is 113 Å². The Bertz CT molecular complexity index is 460. The van der Waals surface area contributed by atoms with Crippen LogP contribution >= 0.6 is 0 Å². The van der Waals surface area contributed by atoms with Crippen molar-refractivity contribution in [1.29, 1.82) is 0 Å². The number of hydrogen-bond donors (Lipinski definition) is 2. The van der Waals surface area contributed by atoms with Gasteiger partial charge in [0.1, 0.15) is 0 Å². The molecule has 0 aromatic heterocycles. The zero-order valence-corrected chi connectivity index (χ0v) is 11.5. The molecule has 104 valence electrons. The minimum Gasteiger partial charge on any atom is -0.453 e. The molecule has 5 heteroatoms. The van der Waals surface area contributed by atoms with Crippen molar-refractivity contribution in [1.82, 2.24) is 0 Å². The molecule has 1 unspecified atom stereocenters. The summed E-state index contributed by atoms with van der Waals surface area (Å²) in [6.45, 7) is 4.87. The highest BCUT2D eigenvalue weighted by Gasteiger charge is 2.31. The Morgan fingerprint density at radius 2 is 2.16 bits per heavy atom. The van der Waals surface area contributed by atoms with E-state index in [1.165, 1.54) is 7.11 Å². The first-order chi connectivity index (χ1) is 8.98. The molecule has 0 aliphatic carbocycles. The van der Waals surface area contributed by atoms with E-state index in [1.807, 2.05) is 24.3 Å². The number of carbonyl (C=O) groups is 1. The number of rotatable bonds is 3. The average Bonchev–Trinajstić information content (AvgIpc) is 2.69. The minimum absolute atomic E-state index is 0.0699. The van der Waals surface area contributed by atoms with Gasteiger partial charge in [0.25, 0.3) is 0 Å². The smallest absolute Gasteiger partial charge is 0.411 e. The molecule has 0 saturated carbocycles. The number of ether oxygens (including phenoxy) is 2. The van der Waals surface area contributed by atoms with Crippen molar-refractivity contribution in [2.45, 2.75) is 31.9 Å². The molecule has 2 rings (SSSR count). The third-order valence-electron chi connectivity index (χ3n) is 3.08. The predicted molar refractivity (Wildman–Crippen MR) is 74.5 cm³/mol. The monoisotopic (exact) mass is 264 g/mol. The van der Waals surface area contributed by atoms with Gasteiger partial charge in [-0.25, -0.2) is 4.79 Å². The number of anilines is 2. The SMILES string of the molecule is COC(=O)Nc1cccc(NC2COC(C)(C)C2)c1. The third-order valence-corrected chi connectivity index (χ3v) is 3.08. The molecule has 19 heavy (non-hydrogen) atoms. The fourth-order valence-electron chi connectivity index (χ4n) is 2.22. The van der Waals surface area contributed by atoms with Gasteiger partial charge < -0.3 is 14.8 Å². The highest BCUT2D eigenvalue weighted by atomic mass is 16.5. The quantitative estimate of drug-likeness (QED) is 0.881. The predicted octanol–water partition coefficient (Wildman–Crippen LogP) is 2.84. The van der Waals surface area contributed by atoms with E-state index < -0.39 is 6.09 Å². The van der Waals surface area contributed by atoms with E-state index in [0.717, 1.165) is 12.1 Å². The van der Waals surface area contributed by atoms with E-state index >= 15 is 0 Å². The molecule has 0 spiro atoms. The summed E-state index contributed by atoms with van der Waals surface area (Å²) in [5.41, 5.74) is 1.59. The number of amides is 1. The van der Waals surface area contributed by atoms with Crippen LogP contribution in [0.25, 0.3) is 0 Å². The molecule has 1 fully saturated rings. The van der Waals surface area contributed by atoms with Gasteiger partial charge in [0.2, 0.25) is 0 Å². The lowest BCUT2D eigenvalue weighted by Gasteiger charge is -2.17. The van der Waals surface area contributed by atoms with Gasteiger partial charge in [-0.2, -0.15) is 0 Å². The summed E-state index contributed by atoms with van der Waals surface area (Å²) < 4.78 is 10.2. The van der Waals surface area contributed by atoms with Gasteiger partial charge in [-0.3, -0.25) is 5.32 Å². The first-order valence-corrected chi connectivity index (χ1v) is 6.34. The maximum atomic E-state index is 11.1. The lowest BCUT2D eigenvalue weighted by Crippen LogP contribution is -2.22. The van der Waals surface area contributed by atoms with Gasteiger partial charge in [0.05, 0.1) is 25.4 Å². The second-order valence-corrected chi connectivity index (χ2v) is 5.31. The molecule has 1 aliphatic heterocycles. The largest absolute Gasteiger partial charge is 0.453 e. The van der Waals surface area contributed by atoms with Crippen LogP contribution in [0.2, 0.25) is 0 Å². The van der Waals surface area contributed by atoms with Crippen LogP contribution in [0.5, 0.6) is 0 Å². The van der Waals surface area contributed by atoms with Crippen LogP contribution in [0.3, 0.4) is 0 Å². The molecule has 0 radical (unpaired) electrons. The summed E-state index contributed by atoms with van der Waals surface area (Å²) in [5.74, 6) is 0. The molecule has 0 bridgehead atoms. The molecule has 1 aromatic rings. The molecule has 1 heterocycles. The Kier molecular flexibility index (Phi) is 3.95. The van der Waals surface area contributed by atoms with E-state index in [9.17, 15) is 4.79 Å². The molecule has 1 aromatic carbocycles. The highest BCUT2D eigenvalue weighted by molar-refractivity contribution is 5.85. The van der Waals surface area contributed by atoms with Crippen LogP contribution in [0.1, 0.15) is 20.3 Å². The molecule has 5 nitrogen and oxygen atoms in total. The second kappa shape index (κ2) is 5.48. The summed E-state index contributed by atoms with van der Waals surface area (Å²) in [4.78, 5) is 11.1. The van der Waals surface area contributed by atoms with E-state index in [2.05, 4.69) is 29.2 Å².